The Hall–Kier alpha value is -0.610. The number of nitrogens with two attached hydrogens (primary N) is 1. The van der Waals surface area contributed by atoms with Gasteiger partial charge in [0.1, 0.15) is 0 Å². The number of rotatable bonds is 5. The van der Waals surface area contributed by atoms with Crippen molar-refractivity contribution < 1.29 is 4.79 Å². The summed E-state index contributed by atoms with van der Waals surface area (Å²) < 4.78 is 0. The lowest BCUT2D eigenvalue weighted by Crippen LogP contribution is -2.70. The molecule has 1 aliphatic heterocycles. The molecule has 1 aliphatic carbocycles. The fourth-order valence-corrected chi connectivity index (χ4v) is 2.10. The van der Waals surface area contributed by atoms with Crippen LogP contribution >= 0.6 is 0 Å². The van der Waals surface area contributed by atoms with Crippen LogP contribution in [0.5, 0.6) is 0 Å². The highest BCUT2D eigenvalue weighted by Crippen LogP contribution is 2.26. The van der Waals surface area contributed by atoms with Crippen molar-refractivity contribution in [3.63, 3.8) is 0 Å². The Morgan fingerprint density at radius 1 is 1.50 bits per heavy atom. The van der Waals surface area contributed by atoms with Crippen molar-refractivity contribution in [1.82, 2.24) is 10.2 Å². The number of likely N-dealkylation sites (tertiary alicyclic amines) is 1. The predicted octanol–water partition coefficient (Wildman–Crippen LogP) is 0.324. The summed E-state index contributed by atoms with van der Waals surface area (Å²) in [6.07, 6.45) is 2.94. The quantitative estimate of drug-likeness (QED) is 0.708. The van der Waals surface area contributed by atoms with E-state index in [1.165, 1.54) is 0 Å². The van der Waals surface area contributed by atoms with Gasteiger partial charge < -0.3 is 11.1 Å². The van der Waals surface area contributed by atoms with Gasteiger partial charge in [0, 0.05) is 37.6 Å². The Balaban J connectivity index is 1.60. The molecular weight excluding hydrogens is 202 g/mol. The van der Waals surface area contributed by atoms with Crippen molar-refractivity contribution in [2.75, 3.05) is 19.6 Å². The largest absolute Gasteiger partial charge is 0.353 e. The van der Waals surface area contributed by atoms with Crippen LogP contribution in [0.4, 0.5) is 0 Å². The normalized spacial score (nSPS) is 24.2. The summed E-state index contributed by atoms with van der Waals surface area (Å²) in [5.41, 5.74) is 6.17. The van der Waals surface area contributed by atoms with Gasteiger partial charge in [0.2, 0.25) is 5.91 Å². The van der Waals surface area contributed by atoms with Gasteiger partial charge in [-0.1, -0.05) is 13.8 Å². The molecule has 1 heterocycles. The molecule has 0 unspecified atom stereocenters. The zero-order chi connectivity index (χ0) is 11.8. The van der Waals surface area contributed by atoms with E-state index in [1.807, 2.05) is 0 Å². The molecule has 1 saturated heterocycles. The molecule has 0 radical (unpaired) electrons. The van der Waals surface area contributed by atoms with Crippen molar-refractivity contribution in [2.24, 2.45) is 11.7 Å². The molecule has 1 saturated carbocycles. The third-order valence-corrected chi connectivity index (χ3v) is 3.78. The Bertz CT molecular complexity index is 267. The van der Waals surface area contributed by atoms with Gasteiger partial charge in [0.25, 0.3) is 0 Å². The summed E-state index contributed by atoms with van der Waals surface area (Å²) in [4.78, 5) is 13.7. The van der Waals surface area contributed by atoms with E-state index in [0.29, 0.717) is 18.4 Å². The maximum Gasteiger partial charge on any atom is 0.221 e. The fraction of sp³-hybridized carbons (Fsp3) is 0.917. The first-order valence-corrected chi connectivity index (χ1v) is 6.30. The third kappa shape index (κ3) is 2.74. The zero-order valence-electron chi connectivity index (χ0n) is 10.3. The van der Waals surface area contributed by atoms with Crippen molar-refractivity contribution in [1.29, 1.82) is 0 Å². The third-order valence-electron chi connectivity index (χ3n) is 3.78. The standard InChI is InChI=1S/C12H23N3O/c1-9(2)12(13)7-15(8-12)6-5-11(16)14-10-3-4-10/h9-10H,3-8,13H2,1-2H3,(H,14,16). The Morgan fingerprint density at radius 3 is 2.62 bits per heavy atom. The Kier molecular flexibility index (Phi) is 3.22. The Labute approximate surface area is 97.6 Å². The minimum Gasteiger partial charge on any atom is -0.353 e. The molecular formula is C12H23N3O. The SMILES string of the molecule is CC(C)C1(N)CN(CCC(=O)NC2CC2)C1. The van der Waals surface area contributed by atoms with Gasteiger partial charge >= 0.3 is 0 Å². The second-order valence-corrected chi connectivity index (χ2v) is 5.69. The van der Waals surface area contributed by atoms with Crippen LogP contribution in [0.3, 0.4) is 0 Å². The monoisotopic (exact) mass is 225 g/mol. The number of carbonyl (C=O) groups excluding carboxylic acids is 1. The van der Waals surface area contributed by atoms with Crippen LogP contribution < -0.4 is 11.1 Å². The molecule has 4 nitrogen and oxygen atoms in total. The van der Waals surface area contributed by atoms with E-state index in [4.69, 9.17) is 5.73 Å². The van der Waals surface area contributed by atoms with E-state index >= 15 is 0 Å². The molecule has 3 N–H and O–H groups in total. The molecule has 0 bridgehead atoms. The second-order valence-electron chi connectivity index (χ2n) is 5.69. The molecule has 2 fully saturated rings. The van der Waals surface area contributed by atoms with E-state index in [1.54, 1.807) is 0 Å². The lowest BCUT2D eigenvalue weighted by molar-refractivity contribution is -0.122. The van der Waals surface area contributed by atoms with Crippen molar-refractivity contribution in [3.8, 4) is 0 Å². The predicted molar refractivity (Wildman–Crippen MR) is 64.0 cm³/mol. The highest BCUT2D eigenvalue weighted by atomic mass is 16.1. The number of nitrogens with one attached hydrogen (secondary N) is 1. The summed E-state index contributed by atoms with van der Waals surface area (Å²) in [5.74, 6) is 0.714. The molecule has 4 heteroatoms. The number of hydrogen-bond acceptors (Lipinski definition) is 3. The maximum atomic E-state index is 11.5. The first-order valence-electron chi connectivity index (χ1n) is 6.30. The molecule has 1 amide bonds. The molecule has 0 spiro atoms. The molecule has 0 aromatic carbocycles. The number of nitrogens with zero attached hydrogens (tertiary/aromatic N) is 1. The number of carbonyl (C=O) groups is 1. The van der Waals surface area contributed by atoms with E-state index < -0.39 is 0 Å². The summed E-state index contributed by atoms with van der Waals surface area (Å²) in [5, 5.41) is 3.00. The first kappa shape index (κ1) is 11.9. The molecule has 0 aromatic heterocycles. The summed E-state index contributed by atoms with van der Waals surface area (Å²) in [7, 11) is 0. The lowest BCUT2D eigenvalue weighted by atomic mass is 9.80. The van der Waals surface area contributed by atoms with Crippen molar-refractivity contribution in [3.05, 3.63) is 0 Å². The average Bonchev–Trinajstić information content (AvgIpc) is 2.93. The van der Waals surface area contributed by atoms with Gasteiger partial charge in [-0.15, -0.1) is 0 Å². The van der Waals surface area contributed by atoms with Gasteiger partial charge in [-0.3, -0.25) is 9.69 Å². The van der Waals surface area contributed by atoms with Gasteiger partial charge in [-0.05, 0) is 18.8 Å². The average molecular weight is 225 g/mol. The zero-order valence-corrected chi connectivity index (χ0v) is 10.3. The highest BCUT2D eigenvalue weighted by Gasteiger charge is 2.41. The summed E-state index contributed by atoms with van der Waals surface area (Å²) >= 11 is 0. The number of amides is 1. The van der Waals surface area contributed by atoms with Crippen LogP contribution in [-0.2, 0) is 4.79 Å². The molecule has 0 aromatic rings. The molecule has 16 heavy (non-hydrogen) atoms. The summed E-state index contributed by atoms with van der Waals surface area (Å²) in [6.45, 7) is 7.04. The van der Waals surface area contributed by atoms with E-state index in [-0.39, 0.29) is 11.4 Å². The van der Waals surface area contributed by atoms with Crippen LogP contribution in [0, 0.1) is 5.92 Å². The van der Waals surface area contributed by atoms with Gasteiger partial charge in [-0.25, -0.2) is 0 Å². The van der Waals surface area contributed by atoms with E-state index in [2.05, 4.69) is 24.1 Å². The minimum atomic E-state index is -0.0209. The van der Waals surface area contributed by atoms with Crippen LogP contribution in [0.15, 0.2) is 0 Å². The smallest absolute Gasteiger partial charge is 0.221 e. The van der Waals surface area contributed by atoms with Crippen LogP contribution in [-0.4, -0.2) is 42.0 Å². The Morgan fingerprint density at radius 2 is 2.12 bits per heavy atom. The van der Waals surface area contributed by atoms with E-state index in [9.17, 15) is 4.79 Å². The van der Waals surface area contributed by atoms with Gasteiger partial charge in [-0.2, -0.15) is 0 Å². The van der Waals surface area contributed by atoms with E-state index in [0.717, 1.165) is 32.5 Å². The topological polar surface area (TPSA) is 58.4 Å². The molecule has 2 rings (SSSR count). The first-order chi connectivity index (χ1) is 7.49. The molecule has 92 valence electrons. The van der Waals surface area contributed by atoms with Crippen molar-refractivity contribution in [2.45, 2.75) is 44.7 Å². The number of hydrogen-bond donors (Lipinski definition) is 2. The maximum absolute atomic E-state index is 11.5. The highest BCUT2D eigenvalue weighted by molar-refractivity contribution is 5.76. The van der Waals surface area contributed by atoms with Crippen LogP contribution in [0.1, 0.15) is 33.1 Å². The summed E-state index contributed by atoms with van der Waals surface area (Å²) in [6, 6.07) is 0.480. The minimum absolute atomic E-state index is 0.0209. The fourth-order valence-electron chi connectivity index (χ4n) is 2.10. The van der Waals surface area contributed by atoms with Crippen LogP contribution in [0.2, 0.25) is 0 Å². The van der Waals surface area contributed by atoms with Crippen LogP contribution in [0.25, 0.3) is 0 Å². The lowest BCUT2D eigenvalue weighted by Gasteiger charge is -2.50. The second kappa shape index (κ2) is 4.34. The van der Waals surface area contributed by atoms with Gasteiger partial charge in [0.15, 0.2) is 0 Å². The molecule has 2 aliphatic rings. The van der Waals surface area contributed by atoms with Gasteiger partial charge in [0.05, 0.1) is 0 Å². The molecule has 0 atom stereocenters. The van der Waals surface area contributed by atoms with Crippen molar-refractivity contribution >= 4 is 5.91 Å².